The quantitative estimate of drug-likeness (QED) is 0.862. The monoisotopic (exact) mass is 350 g/mol. The highest BCUT2D eigenvalue weighted by atomic mass is 16.6. The smallest absolute Gasteiger partial charge is 0.409 e. The summed E-state index contributed by atoms with van der Waals surface area (Å²) in [6.45, 7) is 1.51. The maximum atomic E-state index is 12.5. The molecule has 0 bridgehead atoms. The molecule has 1 unspecified atom stereocenters. The molecule has 0 spiro atoms. The van der Waals surface area contributed by atoms with Gasteiger partial charge in [-0.25, -0.2) is 4.79 Å². The van der Waals surface area contributed by atoms with Gasteiger partial charge in [0.25, 0.3) is 0 Å². The molecule has 26 heavy (non-hydrogen) atoms. The number of nitrogens with one attached hydrogen (secondary N) is 1. The topological polar surface area (TPSA) is 58.6 Å². The van der Waals surface area contributed by atoms with Crippen LogP contribution in [-0.4, -0.2) is 43.1 Å². The minimum Gasteiger partial charge on any atom is -0.448 e. The zero-order chi connectivity index (χ0) is 17.9. The largest absolute Gasteiger partial charge is 0.448 e. The van der Waals surface area contributed by atoms with Gasteiger partial charge in [0, 0.05) is 25.0 Å². The number of carbonyl (C=O) groups excluding carboxylic acids is 2. The Morgan fingerprint density at radius 3 is 2.42 bits per heavy atom. The summed E-state index contributed by atoms with van der Waals surface area (Å²) >= 11 is 0. The second-order valence-electron chi connectivity index (χ2n) is 6.87. The van der Waals surface area contributed by atoms with Crippen molar-refractivity contribution >= 4 is 12.5 Å². The van der Waals surface area contributed by atoms with Gasteiger partial charge in [0.1, 0.15) is 6.61 Å². The number of ether oxygens (including phenoxy) is 1. The van der Waals surface area contributed by atoms with E-state index >= 15 is 0 Å². The Morgan fingerprint density at radius 1 is 1.12 bits per heavy atom. The average molecular weight is 350 g/mol. The lowest BCUT2D eigenvalue weighted by Crippen LogP contribution is -2.48. The van der Waals surface area contributed by atoms with Gasteiger partial charge in [-0.2, -0.15) is 0 Å². The van der Waals surface area contributed by atoms with Crippen LogP contribution in [0.4, 0.5) is 4.79 Å². The number of fused-ring (bicyclic) bond motifs is 3. The van der Waals surface area contributed by atoms with Crippen LogP contribution in [0.25, 0.3) is 11.1 Å². The first-order valence-corrected chi connectivity index (χ1v) is 9.07. The van der Waals surface area contributed by atoms with Crippen LogP contribution >= 0.6 is 0 Å². The van der Waals surface area contributed by atoms with Crippen molar-refractivity contribution in [2.45, 2.75) is 24.8 Å². The second-order valence-corrected chi connectivity index (χ2v) is 6.87. The number of amides is 2. The predicted molar refractivity (Wildman–Crippen MR) is 98.9 cm³/mol. The molecule has 1 aliphatic carbocycles. The first-order valence-electron chi connectivity index (χ1n) is 9.07. The van der Waals surface area contributed by atoms with Crippen molar-refractivity contribution in [3.05, 3.63) is 59.7 Å². The summed E-state index contributed by atoms with van der Waals surface area (Å²) in [5.41, 5.74) is 4.86. The van der Waals surface area contributed by atoms with Gasteiger partial charge < -0.3 is 15.0 Å². The summed E-state index contributed by atoms with van der Waals surface area (Å²) in [7, 11) is 0. The van der Waals surface area contributed by atoms with Gasteiger partial charge in [0.2, 0.25) is 6.41 Å². The fraction of sp³-hybridized carbons (Fsp3) is 0.333. The van der Waals surface area contributed by atoms with E-state index < -0.39 is 0 Å². The van der Waals surface area contributed by atoms with Crippen molar-refractivity contribution in [2.75, 3.05) is 19.7 Å². The first kappa shape index (κ1) is 16.6. The Hall–Kier alpha value is -2.82. The van der Waals surface area contributed by atoms with E-state index in [1.165, 1.54) is 22.3 Å². The molecule has 4 rings (SSSR count). The van der Waals surface area contributed by atoms with Gasteiger partial charge in [0.05, 0.1) is 0 Å². The summed E-state index contributed by atoms with van der Waals surface area (Å²) < 4.78 is 5.68. The molecule has 1 aliphatic heterocycles. The Kier molecular flexibility index (Phi) is 4.61. The van der Waals surface area contributed by atoms with Crippen LogP contribution in [-0.2, 0) is 9.53 Å². The number of likely N-dealkylation sites (tertiary alicyclic amines) is 1. The fourth-order valence-electron chi connectivity index (χ4n) is 4.06. The normalized spacial score (nSPS) is 18.8. The zero-order valence-electron chi connectivity index (χ0n) is 14.6. The van der Waals surface area contributed by atoms with Crippen molar-refractivity contribution < 1.29 is 14.3 Å². The third-order valence-electron chi connectivity index (χ3n) is 5.32. The number of benzene rings is 2. The van der Waals surface area contributed by atoms with Crippen LogP contribution in [0, 0.1) is 0 Å². The highest BCUT2D eigenvalue weighted by Gasteiger charge is 2.30. The molecule has 0 radical (unpaired) electrons. The van der Waals surface area contributed by atoms with E-state index in [4.69, 9.17) is 4.74 Å². The molecular formula is C21H22N2O3. The van der Waals surface area contributed by atoms with Crippen molar-refractivity contribution in [2.24, 2.45) is 0 Å². The number of piperidine rings is 1. The molecule has 0 aromatic heterocycles. The maximum Gasteiger partial charge on any atom is 0.409 e. The van der Waals surface area contributed by atoms with Gasteiger partial charge in [-0.1, -0.05) is 48.5 Å². The third kappa shape index (κ3) is 3.05. The number of hydrogen-bond donors (Lipinski definition) is 1. The van der Waals surface area contributed by atoms with Crippen molar-refractivity contribution in [1.82, 2.24) is 10.2 Å². The van der Waals surface area contributed by atoms with Gasteiger partial charge in [-0.3, -0.25) is 4.79 Å². The van der Waals surface area contributed by atoms with Crippen LogP contribution in [0.1, 0.15) is 29.9 Å². The van der Waals surface area contributed by atoms with E-state index in [1.807, 2.05) is 24.3 Å². The van der Waals surface area contributed by atoms with E-state index in [2.05, 4.69) is 29.6 Å². The lowest BCUT2D eigenvalue weighted by molar-refractivity contribution is -0.110. The van der Waals surface area contributed by atoms with Gasteiger partial charge in [-0.05, 0) is 35.1 Å². The lowest BCUT2D eigenvalue weighted by Gasteiger charge is -2.32. The Balaban J connectivity index is 1.46. The minimum absolute atomic E-state index is 0.0155. The van der Waals surface area contributed by atoms with Crippen LogP contribution in [0.3, 0.4) is 0 Å². The fourth-order valence-corrected chi connectivity index (χ4v) is 4.06. The molecular weight excluding hydrogens is 328 g/mol. The number of hydrogen-bond acceptors (Lipinski definition) is 3. The standard InChI is InChI=1S/C21H22N2O3/c24-14-22-15-6-5-11-23(12-15)21(25)26-13-20-18-9-3-1-7-16(18)17-8-2-4-10-19(17)20/h1-4,7-10,14-15,20H,5-6,11-13H2,(H,22,24). The van der Waals surface area contributed by atoms with E-state index in [1.54, 1.807) is 4.90 Å². The molecule has 2 aromatic carbocycles. The molecule has 5 nitrogen and oxygen atoms in total. The van der Waals surface area contributed by atoms with Crippen LogP contribution < -0.4 is 5.32 Å². The molecule has 134 valence electrons. The number of nitrogens with zero attached hydrogens (tertiary/aromatic N) is 1. The van der Waals surface area contributed by atoms with Crippen LogP contribution in [0.15, 0.2) is 48.5 Å². The Labute approximate surface area is 153 Å². The predicted octanol–water partition coefficient (Wildman–Crippen LogP) is 3.15. The van der Waals surface area contributed by atoms with E-state index in [9.17, 15) is 9.59 Å². The molecule has 2 aliphatic rings. The van der Waals surface area contributed by atoms with E-state index in [-0.39, 0.29) is 18.1 Å². The molecule has 1 atom stereocenters. The first-order chi connectivity index (χ1) is 12.8. The van der Waals surface area contributed by atoms with Crippen molar-refractivity contribution in [1.29, 1.82) is 0 Å². The lowest BCUT2D eigenvalue weighted by atomic mass is 9.98. The number of rotatable bonds is 4. The molecule has 2 aromatic rings. The highest BCUT2D eigenvalue weighted by Crippen LogP contribution is 2.44. The second kappa shape index (κ2) is 7.20. The number of carbonyl (C=O) groups is 2. The molecule has 5 heteroatoms. The van der Waals surface area contributed by atoms with Crippen molar-refractivity contribution in [3.63, 3.8) is 0 Å². The minimum atomic E-state index is -0.302. The van der Waals surface area contributed by atoms with E-state index in [0.29, 0.717) is 26.1 Å². The van der Waals surface area contributed by atoms with Crippen molar-refractivity contribution in [3.8, 4) is 11.1 Å². The van der Waals surface area contributed by atoms with Crippen LogP contribution in [0.2, 0.25) is 0 Å². The van der Waals surface area contributed by atoms with Gasteiger partial charge in [0.15, 0.2) is 0 Å². The Bertz CT molecular complexity index is 775. The molecule has 1 N–H and O–H groups in total. The third-order valence-corrected chi connectivity index (χ3v) is 5.32. The van der Waals surface area contributed by atoms with Gasteiger partial charge in [-0.15, -0.1) is 0 Å². The molecule has 1 fully saturated rings. The summed E-state index contributed by atoms with van der Waals surface area (Å²) in [5.74, 6) is 0.0695. The Morgan fingerprint density at radius 2 is 1.77 bits per heavy atom. The maximum absolute atomic E-state index is 12.5. The highest BCUT2D eigenvalue weighted by molar-refractivity contribution is 5.79. The molecule has 0 saturated carbocycles. The summed E-state index contributed by atoms with van der Waals surface area (Å²) in [6.07, 6.45) is 2.16. The zero-order valence-corrected chi connectivity index (χ0v) is 14.6. The SMILES string of the molecule is O=CNC1CCCN(C(=O)OCC2c3ccccc3-c3ccccc32)C1. The summed E-state index contributed by atoms with van der Waals surface area (Å²) in [5, 5.41) is 2.76. The summed E-state index contributed by atoms with van der Waals surface area (Å²) in [6, 6.07) is 16.6. The molecule has 1 heterocycles. The van der Waals surface area contributed by atoms with E-state index in [0.717, 1.165) is 12.8 Å². The molecule has 1 saturated heterocycles. The summed E-state index contributed by atoms with van der Waals surface area (Å²) in [4.78, 5) is 24.8. The molecule has 2 amide bonds. The van der Waals surface area contributed by atoms with Crippen LogP contribution in [0.5, 0.6) is 0 Å². The average Bonchev–Trinajstić information content (AvgIpc) is 3.01. The van der Waals surface area contributed by atoms with Gasteiger partial charge >= 0.3 is 6.09 Å².